The number of amides is 1. The summed E-state index contributed by atoms with van der Waals surface area (Å²) in [5.41, 5.74) is 7.62. The van der Waals surface area contributed by atoms with Gasteiger partial charge in [0.15, 0.2) is 0 Å². The largest absolute Gasteiger partial charge is 0.368 e. The van der Waals surface area contributed by atoms with Crippen molar-refractivity contribution in [2.75, 3.05) is 25.0 Å². The van der Waals surface area contributed by atoms with Crippen LogP contribution >= 0.6 is 0 Å². The summed E-state index contributed by atoms with van der Waals surface area (Å²) in [6.45, 7) is 3.84. The number of pyridine rings is 1. The molecule has 1 saturated heterocycles. The highest BCUT2D eigenvalue weighted by Gasteiger charge is 2.38. The van der Waals surface area contributed by atoms with Gasteiger partial charge >= 0.3 is 0 Å². The zero-order chi connectivity index (χ0) is 13.2. The van der Waals surface area contributed by atoms with Gasteiger partial charge in [-0.15, -0.1) is 0 Å². The molecule has 0 aliphatic carbocycles. The van der Waals surface area contributed by atoms with E-state index in [0.29, 0.717) is 5.69 Å². The monoisotopic (exact) mass is 248 g/mol. The summed E-state index contributed by atoms with van der Waals surface area (Å²) in [5.74, 6) is -0.162. The van der Waals surface area contributed by atoms with E-state index in [9.17, 15) is 4.79 Å². The molecule has 1 aromatic rings. The maximum atomic E-state index is 11.5. The van der Waals surface area contributed by atoms with Crippen LogP contribution in [0.2, 0.25) is 0 Å². The zero-order valence-corrected chi connectivity index (χ0v) is 10.9. The van der Waals surface area contributed by atoms with E-state index in [2.05, 4.69) is 22.1 Å². The first kappa shape index (κ1) is 12.8. The molecule has 0 unspecified atom stereocenters. The minimum Gasteiger partial charge on any atom is -0.368 e. The van der Waals surface area contributed by atoms with Gasteiger partial charge in [0.05, 0.1) is 5.54 Å². The molecule has 0 bridgehead atoms. The molecule has 1 aliphatic rings. The van der Waals surface area contributed by atoms with Crippen molar-refractivity contribution in [2.45, 2.75) is 25.3 Å². The number of nitrogens with zero attached hydrogens (tertiary/aromatic N) is 2. The highest BCUT2D eigenvalue weighted by Crippen LogP contribution is 2.29. The molecule has 0 saturated carbocycles. The fourth-order valence-electron chi connectivity index (χ4n) is 2.42. The lowest BCUT2D eigenvalue weighted by Gasteiger charge is -2.49. The van der Waals surface area contributed by atoms with Crippen molar-refractivity contribution in [3.05, 3.63) is 24.0 Å². The van der Waals surface area contributed by atoms with Crippen LogP contribution in [0.25, 0.3) is 0 Å². The Bertz CT molecular complexity index is 440. The van der Waals surface area contributed by atoms with Gasteiger partial charge in [0.1, 0.15) is 5.69 Å². The lowest BCUT2D eigenvalue weighted by molar-refractivity contribution is 0.0958. The standard InChI is InChI=1S/C13H20N4O/c1-3-5-13(14)8-17(9-13)10-4-6-16-11(7-10)12(18)15-2/h4,6-7H,3,5,8-9,14H2,1-2H3,(H,15,18). The van der Waals surface area contributed by atoms with Crippen molar-refractivity contribution < 1.29 is 4.79 Å². The molecule has 1 fully saturated rings. The Hall–Kier alpha value is -1.62. The van der Waals surface area contributed by atoms with Crippen molar-refractivity contribution in [3.63, 3.8) is 0 Å². The zero-order valence-electron chi connectivity index (χ0n) is 10.9. The summed E-state index contributed by atoms with van der Waals surface area (Å²) in [6.07, 6.45) is 3.80. The van der Waals surface area contributed by atoms with Crippen molar-refractivity contribution in [2.24, 2.45) is 5.73 Å². The molecule has 5 nitrogen and oxygen atoms in total. The maximum Gasteiger partial charge on any atom is 0.269 e. The predicted octanol–water partition coefficient (Wildman–Crippen LogP) is 0.759. The number of carbonyl (C=O) groups excluding carboxylic acids is 1. The number of carbonyl (C=O) groups is 1. The fourth-order valence-corrected chi connectivity index (χ4v) is 2.42. The first-order valence-electron chi connectivity index (χ1n) is 6.30. The third kappa shape index (κ3) is 2.46. The van der Waals surface area contributed by atoms with Crippen LogP contribution in [0.15, 0.2) is 18.3 Å². The molecular weight excluding hydrogens is 228 g/mol. The van der Waals surface area contributed by atoms with Crippen molar-refractivity contribution >= 4 is 11.6 Å². The summed E-state index contributed by atoms with van der Waals surface area (Å²) >= 11 is 0. The molecule has 1 amide bonds. The van der Waals surface area contributed by atoms with Gasteiger partial charge in [-0.1, -0.05) is 13.3 Å². The Balaban J connectivity index is 2.06. The van der Waals surface area contributed by atoms with Gasteiger partial charge in [-0.05, 0) is 18.6 Å². The van der Waals surface area contributed by atoms with Gasteiger partial charge in [-0.25, -0.2) is 0 Å². The van der Waals surface area contributed by atoms with Gasteiger partial charge in [0.25, 0.3) is 5.91 Å². The first-order valence-corrected chi connectivity index (χ1v) is 6.30. The summed E-state index contributed by atoms with van der Waals surface area (Å²) in [7, 11) is 1.60. The lowest BCUT2D eigenvalue weighted by atomic mass is 9.86. The SMILES string of the molecule is CCCC1(N)CN(c2ccnc(C(=O)NC)c2)C1. The molecular formula is C13H20N4O. The summed E-state index contributed by atoms with van der Waals surface area (Å²) < 4.78 is 0. The fraction of sp³-hybridized carbons (Fsp3) is 0.538. The van der Waals surface area contributed by atoms with E-state index in [0.717, 1.165) is 31.6 Å². The first-order chi connectivity index (χ1) is 8.58. The van der Waals surface area contributed by atoms with Crippen LogP contribution in [0.1, 0.15) is 30.3 Å². The molecule has 1 aliphatic heterocycles. The molecule has 2 heterocycles. The minimum absolute atomic E-state index is 0.0643. The normalized spacial score (nSPS) is 17.2. The highest BCUT2D eigenvalue weighted by atomic mass is 16.1. The van der Waals surface area contributed by atoms with Crippen LogP contribution in [0, 0.1) is 0 Å². The van der Waals surface area contributed by atoms with Gasteiger partial charge in [0, 0.05) is 32.0 Å². The van der Waals surface area contributed by atoms with E-state index >= 15 is 0 Å². The van der Waals surface area contributed by atoms with Crippen LogP contribution in [0.4, 0.5) is 5.69 Å². The van der Waals surface area contributed by atoms with E-state index in [-0.39, 0.29) is 11.4 Å². The summed E-state index contributed by atoms with van der Waals surface area (Å²) in [5, 5.41) is 2.58. The van der Waals surface area contributed by atoms with E-state index in [1.807, 2.05) is 12.1 Å². The number of aromatic nitrogens is 1. The number of hydrogen-bond donors (Lipinski definition) is 2. The molecule has 18 heavy (non-hydrogen) atoms. The smallest absolute Gasteiger partial charge is 0.269 e. The molecule has 5 heteroatoms. The molecule has 3 N–H and O–H groups in total. The average molecular weight is 248 g/mol. The third-order valence-corrected chi connectivity index (χ3v) is 3.33. The Morgan fingerprint density at radius 2 is 2.33 bits per heavy atom. The van der Waals surface area contributed by atoms with Crippen molar-refractivity contribution in [3.8, 4) is 0 Å². The van der Waals surface area contributed by atoms with E-state index in [1.54, 1.807) is 13.2 Å². The Morgan fingerprint density at radius 3 is 2.94 bits per heavy atom. The highest BCUT2D eigenvalue weighted by molar-refractivity contribution is 5.92. The minimum atomic E-state index is -0.162. The molecule has 2 rings (SSSR count). The second kappa shape index (κ2) is 4.94. The number of rotatable bonds is 4. The molecule has 0 aromatic carbocycles. The summed E-state index contributed by atoms with van der Waals surface area (Å²) in [4.78, 5) is 17.7. The van der Waals surface area contributed by atoms with E-state index in [4.69, 9.17) is 5.73 Å². The van der Waals surface area contributed by atoms with Gasteiger partial charge in [-0.3, -0.25) is 9.78 Å². The third-order valence-electron chi connectivity index (χ3n) is 3.33. The molecule has 0 atom stereocenters. The number of nitrogens with one attached hydrogen (secondary N) is 1. The topological polar surface area (TPSA) is 71.2 Å². The van der Waals surface area contributed by atoms with Gasteiger partial charge < -0.3 is 16.0 Å². The second-order valence-corrected chi connectivity index (χ2v) is 4.95. The van der Waals surface area contributed by atoms with Crippen LogP contribution in [0.5, 0.6) is 0 Å². The van der Waals surface area contributed by atoms with Crippen molar-refractivity contribution in [1.82, 2.24) is 10.3 Å². The van der Waals surface area contributed by atoms with E-state index in [1.165, 1.54) is 0 Å². The number of hydrogen-bond acceptors (Lipinski definition) is 4. The second-order valence-electron chi connectivity index (χ2n) is 4.95. The maximum absolute atomic E-state index is 11.5. The summed E-state index contributed by atoms with van der Waals surface area (Å²) in [6, 6.07) is 3.72. The van der Waals surface area contributed by atoms with E-state index < -0.39 is 0 Å². The quantitative estimate of drug-likeness (QED) is 0.825. The van der Waals surface area contributed by atoms with Gasteiger partial charge in [0.2, 0.25) is 0 Å². The average Bonchev–Trinajstić information content (AvgIpc) is 2.35. The van der Waals surface area contributed by atoms with Gasteiger partial charge in [-0.2, -0.15) is 0 Å². The molecule has 98 valence electrons. The van der Waals surface area contributed by atoms with Crippen LogP contribution < -0.4 is 16.0 Å². The molecule has 0 radical (unpaired) electrons. The predicted molar refractivity (Wildman–Crippen MR) is 71.7 cm³/mol. The Labute approximate surface area is 107 Å². The molecule has 1 aromatic heterocycles. The lowest BCUT2D eigenvalue weighted by Crippen LogP contribution is -2.67. The Kier molecular flexibility index (Phi) is 3.52. The molecule has 0 spiro atoms. The number of anilines is 1. The van der Waals surface area contributed by atoms with Crippen LogP contribution in [-0.4, -0.2) is 36.6 Å². The van der Waals surface area contributed by atoms with Crippen LogP contribution in [-0.2, 0) is 0 Å². The van der Waals surface area contributed by atoms with Crippen molar-refractivity contribution in [1.29, 1.82) is 0 Å². The Morgan fingerprint density at radius 1 is 1.61 bits per heavy atom. The van der Waals surface area contributed by atoms with Crippen LogP contribution in [0.3, 0.4) is 0 Å². The number of nitrogens with two attached hydrogens (primary N) is 1.